The lowest BCUT2D eigenvalue weighted by molar-refractivity contribution is 0.0914. The Morgan fingerprint density at radius 3 is 2.45 bits per heavy atom. The molecule has 1 heterocycles. The largest absolute Gasteiger partial charge is 0.325 e. The summed E-state index contributed by atoms with van der Waals surface area (Å²) >= 11 is 0. The van der Waals surface area contributed by atoms with Crippen molar-refractivity contribution in [2.24, 2.45) is 0 Å². The molecule has 1 aromatic rings. The fourth-order valence-corrected chi connectivity index (χ4v) is 2.78. The first-order chi connectivity index (χ1) is 9.67. The summed E-state index contributed by atoms with van der Waals surface area (Å²) in [5.74, 6) is 0. The van der Waals surface area contributed by atoms with Gasteiger partial charge in [0, 0.05) is 32.7 Å². The van der Waals surface area contributed by atoms with Crippen LogP contribution in [-0.2, 0) is 0 Å². The molecule has 1 aromatic carbocycles. The number of piperazine rings is 1. The Bertz CT molecular complexity index is 431. The third kappa shape index (κ3) is 3.12. The van der Waals surface area contributed by atoms with Crippen LogP contribution in [0.25, 0.3) is 0 Å². The van der Waals surface area contributed by atoms with Crippen LogP contribution in [0.4, 0.5) is 4.79 Å². The van der Waals surface area contributed by atoms with Crippen LogP contribution in [0.2, 0.25) is 0 Å². The fourth-order valence-electron chi connectivity index (χ4n) is 2.78. The van der Waals surface area contributed by atoms with E-state index in [0.717, 1.165) is 32.7 Å². The number of likely N-dealkylation sites (N-methyl/N-ethyl adjacent to an activating group) is 1. The first kappa shape index (κ1) is 14.9. The van der Waals surface area contributed by atoms with Crippen molar-refractivity contribution in [3.63, 3.8) is 0 Å². The molecule has 0 aliphatic carbocycles. The van der Waals surface area contributed by atoms with Crippen LogP contribution in [0.1, 0.15) is 25.5 Å². The van der Waals surface area contributed by atoms with Crippen molar-refractivity contribution < 1.29 is 4.79 Å². The molecule has 0 radical (unpaired) electrons. The third-order valence-electron chi connectivity index (χ3n) is 4.14. The molecule has 0 aromatic heterocycles. The monoisotopic (exact) mass is 275 g/mol. The number of nitrogens with zero attached hydrogens (tertiary/aromatic N) is 3. The normalized spacial score (nSPS) is 19.9. The van der Waals surface area contributed by atoms with E-state index in [0.29, 0.717) is 6.04 Å². The number of rotatable bonds is 3. The molecule has 1 atom stereocenters. The molecular weight excluding hydrogens is 250 g/mol. The number of carbonyl (C=O) groups is 1. The van der Waals surface area contributed by atoms with Crippen LogP contribution in [0.5, 0.6) is 0 Å². The summed E-state index contributed by atoms with van der Waals surface area (Å²) in [6.45, 7) is 8.13. The summed E-state index contributed by atoms with van der Waals surface area (Å²) < 4.78 is 0. The molecule has 0 N–H and O–H groups in total. The lowest BCUT2D eigenvalue weighted by Crippen LogP contribution is -2.53. The number of hydrogen-bond donors (Lipinski definition) is 0. The van der Waals surface area contributed by atoms with Gasteiger partial charge in [0.05, 0.1) is 6.04 Å². The molecule has 4 nitrogen and oxygen atoms in total. The van der Waals surface area contributed by atoms with E-state index in [1.807, 2.05) is 29.7 Å². The van der Waals surface area contributed by atoms with E-state index >= 15 is 0 Å². The van der Waals surface area contributed by atoms with E-state index in [-0.39, 0.29) is 6.03 Å². The van der Waals surface area contributed by atoms with Crippen molar-refractivity contribution in [3.05, 3.63) is 35.9 Å². The topological polar surface area (TPSA) is 26.8 Å². The number of urea groups is 1. The summed E-state index contributed by atoms with van der Waals surface area (Å²) in [6.07, 6.45) is 0. The average Bonchev–Trinajstić information content (AvgIpc) is 2.49. The van der Waals surface area contributed by atoms with Crippen molar-refractivity contribution in [2.45, 2.75) is 19.9 Å². The van der Waals surface area contributed by atoms with E-state index in [4.69, 9.17) is 0 Å². The van der Waals surface area contributed by atoms with Crippen LogP contribution >= 0.6 is 0 Å². The van der Waals surface area contributed by atoms with Gasteiger partial charge in [-0.25, -0.2) is 4.79 Å². The minimum Gasteiger partial charge on any atom is -0.325 e. The van der Waals surface area contributed by atoms with E-state index in [1.54, 1.807) is 0 Å². The fraction of sp³-hybridized carbons (Fsp3) is 0.562. The van der Waals surface area contributed by atoms with Gasteiger partial charge in [-0.15, -0.1) is 0 Å². The second-order valence-electron chi connectivity index (χ2n) is 5.31. The van der Waals surface area contributed by atoms with Crippen molar-refractivity contribution in [2.75, 3.05) is 39.8 Å². The zero-order chi connectivity index (χ0) is 14.5. The maximum atomic E-state index is 12.5. The highest BCUT2D eigenvalue weighted by atomic mass is 16.2. The van der Waals surface area contributed by atoms with Crippen LogP contribution in [0.15, 0.2) is 30.3 Å². The second kappa shape index (κ2) is 6.75. The molecule has 1 saturated heterocycles. The molecule has 110 valence electrons. The summed E-state index contributed by atoms with van der Waals surface area (Å²) in [5, 5.41) is 0. The van der Waals surface area contributed by atoms with Gasteiger partial charge in [-0.2, -0.15) is 0 Å². The summed E-state index contributed by atoms with van der Waals surface area (Å²) in [5.41, 5.74) is 1.28. The molecule has 0 saturated carbocycles. The quantitative estimate of drug-likeness (QED) is 0.847. The molecule has 0 spiro atoms. The Morgan fingerprint density at radius 1 is 1.20 bits per heavy atom. The lowest BCUT2D eigenvalue weighted by Gasteiger charge is -2.41. The number of hydrogen-bond acceptors (Lipinski definition) is 2. The van der Waals surface area contributed by atoms with E-state index in [2.05, 4.69) is 36.2 Å². The molecule has 2 amide bonds. The van der Waals surface area contributed by atoms with E-state index in [9.17, 15) is 4.79 Å². The molecule has 1 fully saturated rings. The summed E-state index contributed by atoms with van der Waals surface area (Å²) in [4.78, 5) is 18.7. The van der Waals surface area contributed by atoms with Crippen LogP contribution < -0.4 is 0 Å². The van der Waals surface area contributed by atoms with Crippen LogP contribution in [-0.4, -0.2) is 60.5 Å². The highest BCUT2D eigenvalue weighted by Gasteiger charge is 2.29. The SMILES string of the molecule is CCN(CC)C(=O)N1CCN(C)C(c2ccccc2)C1. The number of amides is 2. The molecule has 1 unspecified atom stereocenters. The molecular formula is C16H25N3O. The molecule has 0 bridgehead atoms. The van der Waals surface area contributed by atoms with Crippen molar-refractivity contribution in [1.29, 1.82) is 0 Å². The molecule has 1 aliphatic heterocycles. The Hall–Kier alpha value is -1.55. The maximum Gasteiger partial charge on any atom is 0.320 e. The Balaban J connectivity index is 2.10. The summed E-state index contributed by atoms with van der Waals surface area (Å²) in [6, 6.07) is 10.9. The number of benzene rings is 1. The zero-order valence-corrected chi connectivity index (χ0v) is 12.7. The van der Waals surface area contributed by atoms with Gasteiger partial charge in [-0.1, -0.05) is 30.3 Å². The average molecular weight is 275 g/mol. The van der Waals surface area contributed by atoms with Gasteiger partial charge >= 0.3 is 6.03 Å². The molecule has 20 heavy (non-hydrogen) atoms. The summed E-state index contributed by atoms with van der Waals surface area (Å²) in [7, 11) is 2.14. The van der Waals surface area contributed by atoms with E-state index < -0.39 is 0 Å². The van der Waals surface area contributed by atoms with Crippen molar-refractivity contribution in [3.8, 4) is 0 Å². The van der Waals surface area contributed by atoms with Crippen LogP contribution in [0.3, 0.4) is 0 Å². The van der Waals surface area contributed by atoms with Crippen molar-refractivity contribution in [1.82, 2.24) is 14.7 Å². The Labute approximate surface area is 122 Å². The van der Waals surface area contributed by atoms with Gasteiger partial charge in [0.2, 0.25) is 0 Å². The van der Waals surface area contributed by atoms with Gasteiger partial charge in [0.1, 0.15) is 0 Å². The second-order valence-corrected chi connectivity index (χ2v) is 5.31. The highest BCUT2D eigenvalue weighted by Crippen LogP contribution is 2.24. The zero-order valence-electron chi connectivity index (χ0n) is 12.7. The Morgan fingerprint density at radius 2 is 1.85 bits per heavy atom. The number of carbonyl (C=O) groups excluding carboxylic acids is 1. The third-order valence-corrected chi connectivity index (χ3v) is 4.14. The highest BCUT2D eigenvalue weighted by molar-refractivity contribution is 5.74. The minimum atomic E-state index is 0.170. The molecule has 2 rings (SSSR count). The van der Waals surface area contributed by atoms with Crippen LogP contribution in [0, 0.1) is 0 Å². The van der Waals surface area contributed by atoms with Gasteiger partial charge in [-0.05, 0) is 26.5 Å². The maximum absolute atomic E-state index is 12.5. The molecule has 4 heteroatoms. The van der Waals surface area contributed by atoms with Gasteiger partial charge in [-0.3, -0.25) is 4.90 Å². The minimum absolute atomic E-state index is 0.170. The van der Waals surface area contributed by atoms with Crippen molar-refractivity contribution >= 4 is 6.03 Å². The predicted molar refractivity (Wildman–Crippen MR) is 81.7 cm³/mol. The standard InChI is InChI=1S/C16H25N3O/c1-4-18(5-2)16(20)19-12-11-17(3)15(13-19)14-9-7-6-8-10-14/h6-10,15H,4-5,11-13H2,1-3H3. The smallest absolute Gasteiger partial charge is 0.320 e. The van der Waals surface area contributed by atoms with Gasteiger partial charge < -0.3 is 9.80 Å². The molecule has 1 aliphatic rings. The van der Waals surface area contributed by atoms with Gasteiger partial charge in [0.25, 0.3) is 0 Å². The Kier molecular flexibility index (Phi) is 5.01. The first-order valence-corrected chi connectivity index (χ1v) is 7.46. The lowest BCUT2D eigenvalue weighted by atomic mass is 10.0. The van der Waals surface area contributed by atoms with E-state index in [1.165, 1.54) is 5.56 Å². The predicted octanol–water partition coefficient (Wildman–Crippen LogP) is 2.44. The van der Waals surface area contributed by atoms with Gasteiger partial charge in [0.15, 0.2) is 0 Å². The first-order valence-electron chi connectivity index (χ1n) is 7.46.